The third kappa shape index (κ3) is 2.20. The van der Waals surface area contributed by atoms with Gasteiger partial charge in [0, 0.05) is 23.4 Å². The molecule has 4 N–H and O–H groups in total. The van der Waals surface area contributed by atoms with Crippen LogP contribution < -0.4 is 11.5 Å². The summed E-state index contributed by atoms with van der Waals surface area (Å²) in [5.74, 6) is -0.689. The fourth-order valence-corrected chi connectivity index (χ4v) is 3.16. The van der Waals surface area contributed by atoms with Crippen molar-refractivity contribution in [1.82, 2.24) is 20.0 Å². The van der Waals surface area contributed by atoms with Crippen molar-refractivity contribution in [3.63, 3.8) is 0 Å². The van der Waals surface area contributed by atoms with E-state index in [0.717, 1.165) is 27.6 Å². The second kappa shape index (κ2) is 5.27. The Morgan fingerprint density at radius 3 is 2.72 bits per heavy atom. The van der Waals surface area contributed by atoms with Crippen LogP contribution >= 0.6 is 0 Å². The third-order valence-corrected chi connectivity index (χ3v) is 4.45. The Kier molecular flexibility index (Phi) is 3.18. The van der Waals surface area contributed by atoms with Crippen LogP contribution in [0, 0.1) is 6.92 Å². The number of anilines is 1. The largest absolute Gasteiger partial charge is 0.396 e. The van der Waals surface area contributed by atoms with Crippen LogP contribution in [0.5, 0.6) is 0 Å². The molecule has 2 heterocycles. The van der Waals surface area contributed by atoms with Crippen LogP contribution in [-0.2, 0) is 7.05 Å². The molecule has 7 nitrogen and oxygen atoms in total. The number of nitrogen functional groups attached to an aromatic ring is 1. The van der Waals surface area contributed by atoms with Crippen LogP contribution in [-0.4, -0.2) is 25.9 Å². The van der Waals surface area contributed by atoms with E-state index in [1.54, 1.807) is 0 Å². The first-order valence-electron chi connectivity index (χ1n) is 7.75. The Hall–Kier alpha value is -3.48. The summed E-state index contributed by atoms with van der Waals surface area (Å²) < 4.78 is 1.83. The second-order valence-corrected chi connectivity index (χ2v) is 6.02. The Morgan fingerprint density at radius 2 is 1.96 bits per heavy atom. The maximum absolute atomic E-state index is 11.5. The molecule has 2 aromatic carbocycles. The molecule has 25 heavy (non-hydrogen) atoms. The van der Waals surface area contributed by atoms with E-state index in [1.807, 2.05) is 49.1 Å². The molecule has 2 aromatic heterocycles. The smallest absolute Gasteiger partial charge is 0.271 e. The zero-order valence-electron chi connectivity index (χ0n) is 13.8. The van der Waals surface area contributed by atoms with Crippen molar-refractivity contribution in [1.29, 1.82) is 0 Å². The first-order valence-corrected chi connectivity index (χ1v) is 7.75. The molecular formula is C18H16N6O. The molecule has 0 radical (unpaired) electrons. The molecule has 0 saturated heterocycles. The Bertz CT molecular complexity index is 1160. The van der Waals surface area contributed by atoms with Gasteiger partial charge in [-0.3, -0.25) is 9.48 Å². The average Bonchev–Trinajstić information content (AvgIpc) is 2.95. The van der Waals surface area contributed by atoms with Gasteiger partial charge in [-0.2, -0.15) is 5.10 Å². The fourth-order valence-electron chi connectivity index (χ4n) is 3.16. The van der Waals surface area contributed by atoms with Gasteiger partial charge in [-0.05, 0) is 30.2 Å². The lowest BCUT2D eigenvalue weighted by molar-refractivity contribution is 0.0996. The molecule has 0 bridgehead atoms. The standard InChI is InChI=1S/C18H16N6O/c1-9-3-5-12-15(19)17(18(20)25)23-22-16(12)14(9)10-4-6-13-11(7-10)8-21-24(13)2/h3-8H,1-2H3,(H2,19,22)(H2,20,25). The average molecular weight is 332 g/mol. The van der Waals surface area contributed by atoms with Gasteiger partial charge in [0.05, 0.1) is 17.4 Å². The van der Waals surface area contributed by atoms with Crippen molar-refractivity contribution in [2.24, 2.45) is 12.8 Å². The monoisotopic (exact) mass is 332 g/mol. The molecule has 124 valence electrons. The first-order chi connectivity index (χ1) is 12.0. The van der Waals surface area contributed by atoms with E-state index in [9.17, 15) is 4.79 Å². The van der Waals surface area contributed by atoms with E-state index in [-0.39, 0.29) is 11.4 Å². The summed E-state index contributed by atoms with van der Waals surface area (Å²) in [4.78, 5) is 11.5. The van der Waals surface area contributed by atoms with Crippen LogP contribution in [0.25, 0.3) is 32.9 Å². The van der Waals surface area contributed by atoms with E-state index in [1.165, 1.54) is 0 Å². The molecule has 4 aromatic rings. The summed E-state index contributed by atoms with van der Waals surface area (Å²) in [5.41, 5.74) is 16.3. The number of benzene rings is 2. The molecule has 0 spiro atoms. The van der Waals surface area contributed by atoms with Crippen LogP contribution in [0.3, 0.4) is 0 Å². The highest BCUT2D eigenvalue weighted by atomic mass is 16.1. The molecule has 0 aliphatic carbocycles. The van der Waals surface area contributed by atoms with Gasteiger partial charge < -0.3 is 11.5 Å². The summed E-state index contributed by atoms with van der Waals surface area (Å²) in [7, 11) is 1.91. The quantitative estimate of drug-likeness (QED) is 0.584. The van der Waals surface area contributed by atoms with E-state index < -0.39 is 5.91 Å². The van der Waals surface area contributed by atoms with Crippen molar-refractivity contribution >= 4 is 33.4 Å². The first kappa shape index (κ1) is 15.1. The number of aromatic nitrogens is 4. The number of rotatable bonds is 2. The van der Waals surface area contributed by atoms with Gasteiger partial charge in [-0.15, -0.1) is 10.2 Å². The highest BCUT2D eigenvalue weighted by Crippen LogP contribution is 2.34. The molecule has 4 rings (SSSR count). The topological polar surface area (TPSA) is 113 Å². The van der Waals surface area contributed by atoms with E-state index in [2.05, 4.69) is 21.4 Å². The lowest BCUT2D eigenvalue weighted by Crippen LogP contribution is -2.16. The molecule has 0 saturated carbocycles. The minimum atomic E-state index is -0.689. The summed E-state index contributed by atoms with van der Waals surface area (Å²) in [6.07, 6.45) is 1.82. The van der Waals surface area contributed by atoms with Gasteiger partial charge in [-0.25, -0.2) is 0 Å². The molecule has 0 aliphatic heterocycles. The Labute approximate surface area is 143 Å². The van der Waals surface area contributed by atoms with Gasteiger partial charge in [0.1, 0.15) is 5.52 Å². The normalized spacial score (nSPS) is 11.3. The number of fused-ring (bicyclic) bond motifs is 2. The number of carbonyl (C=O) groups excluding carboxylic acids is 1. The van der Waals surface area contributed by atoms with Crippen LogP contribution in [0.2, 0.25) is 0 Å². The molecule has 0 unspecified atom stereocenters. The predicted molar refractivity (Wildman–Crippen MR) is 96.9 cm³/mol. The summed E-state index contributed by atoms with van der Waals surface area (Å²) in [6, 6.07) is 9.89. The Morgan fingerprint density at radius 1 is 1.16 bits per heavy atom. The number of carbonyl (C=O) groups is 1. The van der Waals surface area contributed by atoms with Gasteiger partial charge in [0.15, 0.2) is 5.69 Å². The van der Waals surface area contributed by atoms with Gasteiger partial charge >= 0.3 is 0 Å². The van der Waals surface area contributed by atoms with E-state index in [4.69, 9.17) is 11.5 Å². The van der Waals surface area contributed by atoms with Crippen LogP contribution in [0.4, 0.5) is 5.69 Å². The van der Waals surface area contributed by atoms with Crippen molar-refractivity contribution in [2.45, 2.75) is 6.92 Å². The minimum Gasteiger partial charge on any atom is -0.396 e. The van der Waals surface area contributed by atoms with Crippen molar-refractivity contribution < 1.29 is 4.79 Å². The van der Waals surface area contributed by atoms with Gasteiger partial charge in [0.2, 0.25) is 0 Å². The molecule has 1 amide bonds. The molecular weight excluding hydrogens is 316 g/mol. The number of hydrogen-bond donors (Lipinski definition) is 2. The van der Waals surface area contributed by atoms with Crippen LogP contribution in [0.15, 0.2) is 36.5 Å². The second-order valence-electron chi connectivity index (χ2n) is 6.02. The maximum Gasteiger partial charge on any atom is 0.271 e. The SMILES string of the molecule is Cc1ccc2c(N)c(C(N)=O)nnc2c1-c1ccc2c(cnn2C)c1. The summed E-state index contributed by atoms with van der Waals surface area (Å²) in [5, 5.41) is 14.1. The number of primary amides is 1. The number of nitrogens with two attached hydrogens (primary N) is 2. The van der Waals surface area contributed by atoms with Crippen molar-refractivity contribution in [3.8, 4) is 11.1 Å². The highest BCUT2D eigenvalue weighted by molar-refractivity contribution is 6.08. The molecule has 0 fully saturated rings. The zero-order chi connectivity index (χ0) is 17.7. The van der Waals surface area contributed by atoms with Crippen molar-refractivity contribution in [3.05, 3.63) is 47.8 Å². The summed E-state index contributed by atoms with van der Waals surface area (Å²) >= 11 is 0. The molecule has 7 heteroatoms. The molecule has 0 aliphatic rings. The predicted octanol–water partition coefficient (Wildman–Crippen LogP) is 2.17. The fraction of sp³-hybridized carbons (Fsp3) is 0.111. The Balaban J connectivity index is 2.03. The maximum atomic E-state index is 11.5. The number of nitrogens with zero attached hydrogens (tertiary/aromatic N) is 4. The number of amides is 1. The van der Waals surface area contributed by atoms with Gasteiger partial charge in [0.25, 0.3) is 5.91 Å². The lowest BCUT2D eigenvalue weighted by Gasteiger charge is -2.12. The van der Waals surface area contributed by atoms with Gasteiger partial charge in [-0.1, -0.05) is 18.2 Å². The van der Waals surface area contributed by atoms with E-state index >= 15 is 0 Å². The molecule has 0 atom stereocenters. The summed E-state index contributed by atoms with van der Waals surface area (Å²) in [6.45, 7) is 2.00. The van der Waals surface area contributed by atoms with Crippen LogP contribution in [0.1, 0.15) is 16.1 Å². The zero-order valence-corrected chi connectivity index (χ0v) is 13.8. The highest BCUT2D eigenvalue weighted by Gasteiger charge is 2.17. The van der Waals surface area contributed by atoms with Crippen molar-refractivity contribution in [2.75, 3.05) is 5.73 Å². The minimum absolute atomic E-state index is 0.00925. The number of hydrogen-bond acceptors (Lipinski definition) is 5. The number of aryl methyl sites for hydroxylation is 2. The van der Waals surface area contributed by atoms with E-state index in [0.29, 0.717) is 10.9 Å². The lowest BCUT2D eigenvalue weighted by atomic mass is 9.96. The third-order valence-electron chi connectivity index (χ3n) is 4.45.